The van der Waals surface area contributed by atoms with Gasteiger partial charge < -0.3 is 10.0 Å². The van der Waals surface area contributed by atoms with Gasteiger partial charge in [-0.2, -0.15) is 5.10 Å². The van der Waals surface area contributed by atoms with Gasteiger partial charge in [0.25, 0.3) is 5.56 Å². The molecule has 0 bridgehead atoms. The van der Waals surface area contributed by atoms with Crippen molar-refractivity contribution in [2.45, 2.75) is 38.8 Å². The molecule has 94 valence electrons. The lowest BCUT2D eigenvalue weighted by atomic mass is 10.3. The Labute approximate surface area is 101 Å². The summed E-state index contributed by atoms with van der Waals surface area (Å²) in [6.45, 7) is 4.16. The van der Waals surface area contributed by atoms with Crippen LogP contribution in [0.5, 0.6) is 0 Å². The molecule has 0 aliphatic carbocycles. The Morgan fingerprint density at radius 3 is 2.76 bits per heavy atom. The zero-order valence-electron chi connectivity index (χ0n) is 10.2. The van der Waals surface area contributed by atoms with Crippen molar-refractivity contribution in [3.8, 4) is 0 Å². The molecular weight excluding hydrogens is 218 g/mol. The number of aliphatic hydroxyl groups is 1. The average molecular weight is 237 g/mol. The highest BCUT2D eigenvalue weighted by Crippen LogP contribution is 2.16. The molecule has 2 heterocycles. The third-order valence-corrected chi connectivity index (χ3v) is 3.18. The van der Waals surface area contributed by atoms with Gasteiger partial charge in [-0.05, 0) is 19.3 Å². The Kier molecular flexibility index (Phi) is 3.78. The van der Waals surface area contributed by atoms with Crippen LogP contribution < -0.4 is 10.5 Å². The minimum Gasteiger partial charge on any atom is -0.391 e. The van der Waals surface area contributed by atoms with Crippen LogP contribution in [0.3, 0.4) is 0 Å². The molecule has 2 rings (SSSR count). The lowest BCUT2D eigenvalue weighted by Gasteiger charge is -2.17. The van der Waals surface area contributed by atoms with Crippen molar-refractivity contribution in [3.05, 3.63) is 22.6 Å². The van der Waals surface area contributed by atoms with E-state index in [-0.39, 0.29) is 12.1 Å². The van der Waals surface area contributed by atoms with Crippen molar-refractivity contribution in [1.82, 2.24) is 9.78 Å². The number of anilines is 1. The van der Waals surface area contributed by atoms with E-state index < -0.39 is 6.10 Å². The first-order valence-electron chi connectivity index (χ1n) is 6.21. The van der Waals surface area contributed by atoms with Crippen molar-refractivity contribution < 1.29 is 5.11 Å². The topological polar surface area (TPSA) is 58.4 Å². The van der Waals surface area contributed by atoms with Gasteiger partial charge >= 0.3 is 0 Å². The molecule has 1 fully saturated rings. The predicted octanol–water partition coefficient (Wildman–Crippen LogP) is 0.614. The summed E-state index contributed by atoms with van der Waals surface area (Å²) in [4.78, 5) is 14.0. The Morgan fingerprint density at radius 2 is 2.18 bits per heavy atom. The normalized spacial score (nSPS) is 17.4. The maximum Gasteiger partial charge on any atom is 0.268 e. The van der Waals surface area contributed by atoms with E-state index in [1.807, 2.05) is 6.92 Å². The first-order chi connectivity index (χ1) is 8.20. The van der Waals surface area contributed by atoms with Gasteiger partial charge in [-0.15, -0.1) is 0 Å². The molecule has 5 nitrogen and oxygen atoms in total. The molecule has 1 aromatic rings. The second kappa shape index (κ2) is 5.31. The monoisotopic (exact) mass is 237 g/mol. The minimum absolute atomic E-state index is 0.137. The van der Waals surface area contributed by atoms with Gasteiger partial charge in [0.05, 0.1) is 24.5 Å². The molecule has 1 saturated heterocycles. The molecule has 0 saturated carbocycles. The van der Waals surface area contributed by atoms with Crippen LogP contribution in [-0.2, 0) is 6.54 Å². The van der Waals surface area contributed by atoms with E-state index in [9.17, 15) is 9.90 Å². The Morgan fingerprint density at radius 1 is 1.47 bits per heavy atom. The maximum atomic E-state index is 11.8. The third kappa shape index (κ3) is 2.85. The summed E-state index contributed by atoms with van der Waals surface area (Å²) in [5.41, 5.74) is 0.761. The lowest BCUT2D eigenvalue weighted by molar-refractivity contribution is 0.143. The summed E-state index contributed by atoms with van der Waals surface area (Å²) in [5, 5.41) is 13.6. The van der Waals surface area contributed by atoms with Crippen LogP contribution in [0.1, 0.15) is 26.2 Å². The smallest absolute Gasteiger partial charge is 0.268 e. The molecule has 1 aliphatic heterocycles. The number of nitrogens with zero attached hydrogens (tertiary/aromatic N) is 3. The molecule has 1 atom stereocenters. The Bertz CT molecular complexity index is 424. The van der Waals surface area contributed by atoms with Crippen molar-refractivity contribution in [2.24, 2.45) is 0 Å². The van der Waals surface area contributed by atoms with E-state index in [1.54, 1.807) is 12.3 Å². The molecule has 1 unspecified atom stereocenters. The van der Waals surface area contributed by atoms with Crippen molar-refractivity contribution >= 4 is 5.69 Å². The van der Waals surface area contributed by atoms with E-state index in [0.717, 1.165) is 18.8 Å². The maximum absolute atomic E-state index is 11.8. The molecule has 17 heavy (non-hydrogen) atoms. The van der Waals surface area contributed by atoms with Crippen molar-refractivity contribution in [2.75, 3.05) is 18.0 Å². The Balaban J connectivity index is 2.13. The Hall–Kier alpha value is -1.36. The summed E-state index contributed by atoms with van der Waals surface area (Å²) < 4.78 is 1.33. The SMILES string of the molecule is CCC(O)Cn1ncc(N2CCCC2)cc1=O. The van der Waals surface area contributed by atoms with Gasteiger partial charge in [-0.1, -0.05) is 6.92 Å². The molecule has 0 spiro atoms. The first-order valence-corrected chi connectivity index (χ1v) is 6.21. The van der Waals surface area contributed by atoms with E-state index in [0.29, 0.717) is 6.42 Å². The second-order valence-corrected chi connectivity index (χ2v) is 4.49. The number of hydrogen-bond donors (Lipinski definition) is 1. The standard InChI is InChI=1S/C12H19N3O2/c1-2-11(16)9-15-12(17)7-10(8-13-15)14-5-3-4-6-14/h7-8,11,16H,2-6,9H2,1H3. The molecule has 0 radical (unpaired) electrons. The van der Waals surface area contributed by atoms with Crippen LogP contribution in [0.4, 0.5) is 5.69 Å². The van der Waals surface area contributed by atoms with Crippen molar-refractivity contribution in [3.63, 3.8) is 0 Å². The van der Waals surface area contributed by atoms with Crippen LogP contribution in [0.15, 0.2) is 17.1 Å². The van der Waals surface area contributed by atoms with Gasteiger partial charge in [0.15, 0.2) is 0 Å². The average Bonchev–Trinajstić information content (AvgIpc) is 2.85. The summed E-state index contributed by atoms with van der Waals surface area (Å²) in [6.07, 6.45) is 4.20. The highest BCUT2D eigenvalue weighted by atomic mass is 16.3. The molecule has 0 amide bonds. The number of aromatic nitrogens is 2. The van der Waals surface area contributed by atoms with Gasteiger partial charge in [0.2, 0.25) is 0 Å². The third-order valence-electron chi connectivity index (χ3n) is 3.18. The summed E-state index contributed by atoms with van der Waals surface area (Å²) >= 11 is 0. The fourth-order valence-corrected chi connectivity index (χ4v) is 2.04. The quantitative estimate of drug-likeness (QED) is 0.833. The highest BCUT2D eigenvalue weighted by Gasteiger charge is 2.14. The largest absolute Gasteiger partial charge is 0.391 e. The fraction of sp³-hybridized carbons (Fsp3) is 0.667. The number of rotatable bonds is 4. The number of hydrogen-bond acceptors (Lipinski definition) is 4. The zero-order chi connectivity index (χ0) is 12.3. The second-order valence-electron chi connectivity index (χ2n) is 4.49. The van der Waals surface area contributed by atoms with Gasteiger partial charge in [0, 0.05) is 19.2 Å². The van der Waals surface area contributed by atoms with E-state index in [2.05, 4.69) is 10.00 Å². The zero-order valence-corrected chi connectivity index (χ0v) is 10.2. The van der Waals surface area contributed by atoms with Crippen LogP contribution in [-0.4, -0.2) is 34.1 Å². The van der Waals surface area contributed by atoms with Crippen LogP contribution in [0.2, 0.25) is 0 Å². The van der Waals surface area contributed by atoms with Crippen LogP contribution in [0.25, 0.3) is 0 Å². The van der Waals surface area contributed by atoms with Crippen LogP contribution in [0, 0.1) is 0 Å². The van der Waals surface area contributed by atoms with E-state index in [1.165, 1.54) is 17.5 Å². The molecular formula is C12H19N3O2. The van der Waals surface area contributed by atoms with Gasteiger partial charge in [-0.3, -0.25) is 4.79 Å². The highest BCUT2D eigenvalue weighted by molar-refractivity contribution is 5.43. The molecule has 1 aromatic heterocycles. The van der Waals surface area contributed by atoms with Crippen LogP contribution >= 0.6 is 0 Å². The van der Waals surface area contributed by atoms with Gasteiger partial charge in [-0.25, -0.2) is 4.68 Å². The van der Waals surface area contributed by atoms with Crippen molar-refractivity contribution in [1.29, 1.82) is 0 Å². The summed E-state index contributed by atoms with van der Waals surface area (Å²) in [5.74, 6) is 0. The summed E-state index contributed by atoms with van der Waals surface area (Å²) in [7, 11) is 0. The fourth-order valence-electron chi connectivity index (χ4n) is 2.04. The molecule has 1 aliphatic rings. The van der Waals surface area contributed by atoms with Gasteiger partial charge in [0.1, 0.15) is 0 Å². The van der Waals surface area contributed by atoms with E-state index in [4.69, 9.17) is 0 Å². The first kappa shape index (κ1) is 12.1. The molecule has 5 heteroatoms. The molecule has 1 N–H and O–H groups in total. The molecule has 0 aromatic carbocycles. The lowest BCUT2D eigenvalue weighted by Crippen LogP contribution is -2.29. The number of aliphatic hydroxyl groups excluding tert-OH is 1. The summed E-state index contributed by atoms with van der Waals surface area (Å²) in [6, 6.07) is 1.61. The van der Waals surface area contributed by atoms with E-state index >= 15 is 0 Å². The predicted molar refractivity (Wildman–Crippen MR) is 66.2 cm³/mol. The minimum atomic E-state index is -0.502.